The minimum absolute atomic E-state index is 0.157. The summed E-state index contributed by atoms with van der Waals surface area (Å²) in [6.45, 7) is 14.4. The lowest BCUT2D eigenvalue weighted by atomic mass is 9.50. The van der Waals surface area contributed by atoms with E-state index >= 15 is 0 Å². The molecule has 0 aromatic rings. The van der Waals surface area contributed by atoms with E-state index in [0.29, 0.717) is 35.5 Å². The van der Waals surface area contributed by atoms with E-state index in [2.05, 4.69) is 41.5 Å². The molecule has 2 aliphatic carbocycles. The molecule has 2 rings (SSSR count). The molecule has 2 nitrogen and oxygen atoms in total. The summed E-state index contributed by atoms with van der Waals surface area (Å²) >= 11 is 0. The van der Waals surface area contributed by atoms with Crippen LogP contribution in [0.5, 0.6) is 0 Å². The van der Waals surface area contributed by atoms with Crippen molar-refractivity contribution in [1.29, 1.82) is 0 Å². The predicted molar refractivity (Wildman–Crippen MR) is 106 cm³/mol. The third-order valence-corrected chi connectivity index (χ3v) is 8.11. The summed E-state index contributed by atoms with van der Waals surface area (Å²) in [5.41, 5.74) is -0.298. The van der Waals surface area contributed by atoms with Crippen LogP contribution in [0.15, 0.2) is 0 Å². The van der Waals surface area contributed by atoms with Gasteiger partial charge < -0.3 is 10.2 Å². The maximum atomic E-state index is 10.7. The fourth-order valence-corrected chi connectivity index (χ4v) is 6.52. The summed E-state index contributed by atoms with van der Waals surface area (Å²) < 4.78 is 0. The summed E-state index contributed by atoms with van der Waals surface area (Å²) in [4.78, 5) is 0. The molecule has 0 aromatic heterocycles. The van der Waals surface area contributed by atoms with Gasteiger partial charge in [-0.3, -0.25) is 0 Å². The van der Waals surface area contributed by atoms with Gasteiger partial charge in [0.25, 0.3) is 0 Å². The van der Waals surface area contributed by atoms with Gasteiger partial charge in [-0.25, -0.2) is 0 Å². The van der Waals surface area contributed by atoms with Crippen LogP contribution in [0.3, 0.4) is 0 Å². The third kappa shape index (κ3) is 4.26. The Kier molecular flexibility index (Phi) is 7.42. The Labute approximate surface area is 156 Å². The van der Waals surface area contributed by atoms with E-state index < -0.39 is 0 Å². The summed E-state index contributed by atoms with van der Waals surface area (Å²) in [5.74, 6) is 4.90. The monoisotopic (exact) mass is 352 g/mol. The molecule has 6 unspecified atom stereocenters. The highest BCUT2D eigenvalue weighted by molar-refractivity contribution is 5.01. The standard InChI is InChI=1S/C23H44O2/c1-15(2)19-9-7-17(5)11-21(19)23(13-24,14-25)22-12-18(6)8-10-20(22)16(3)4/h15-22,24-25H,7-14H2,1-6H3. The van der Waals surface area contributed by atoms with E-state index in [1.54, 1.807) is 0 Å². The molecular weight excluding hydrogens is 308 g/mol. The van der Waals surface area contributed by atoms with E-state index in [1.807, 2.05) is 0 Å². The third-order valence-electron chi connectivity index (χ3n) is 8.11. The molecule has 2 fully saturated rings. The van der Waals surface area contributed by atoms with Gasteiger partial charge in [0.05, 0.1) is 13.2 Å². The zero-order chi connectivity index (χ0) is 18.8. The van der Waals surface area contributed by atoms with Gasteiger partial charge in [-0.05, 0) is 73.0 Å². The highest BCUT2D eigenvalue weighted by Crippen LogP contribution is 2.56. The Morgan fingerprint density at radius 1 is 0.720 bits per heavy atom. The zero-order valence-electron chi connectivity index (χ0n) is 17.7. The van der Waals surface area contributed by atoms with Crippen LogP contribution in [0.25, 0.3) is 0 Å². The summed E-state index contributed by atoms with van der Waals surface area (Å²) in [6.07, 6.45) is 7.50. The number of rotatable bonds is 6. The van der Waals surface area contributed by atoms with E-state index in [-0.39, 0.29) is 18.6 Å². The average Bonchev–Trinajstić information content (AvgIpc) is 2.56. The van der Waals surface area contributed by atoms with Crippen LogP contribution in [0.2, 0.25) is 0 Å². The summed E-state index contributed by atoms with van der Waals surface area (Å²) in [7, 11) is 0. The zero-order valence-corrected chi connectivity index (χ0v) is 17.7. The Hall–Kier alpha value is -0.0800. The molecule has 0 heterocycles. The molecule has 2 heteroatoms. The maximum absolute atomic E-state index is 10.7. The van der Waals surface area contributed by atoms with Gasteiger partial charge in [0.1, 0.15) is 0 Å². The van der Waals surface area contributed by atoms with E-state index in [1.165, 1.54) is 38.5 Å². The molecule has 0 bridgehead atoms. The van der Waals surface area contributed by atoms with Gasteiger partial charge in [-0.2, -0.15) is 0 Å². The van der Waals surface area contributed by atoms with Crippen molar-refractivity contribution in [1.82, 2.24) is 0 Å². The first kappa shape index (κ1) is 21.2. The highest BCUT2D eigenvalue weighted by atomic mass is 16.3. The van der Waals surface area contributed by atoms with Crippen LogP contribution >= 0.6 is 0 Å². The molecule has 148 valence electrons. The van der Waals surface area contributed by atoms with Crippen molar-refractivity contribution in [2.45, 2.75) is 80.1 Å². The largest absolute Gasteiger partial charge is 0.396 e. The second kappa shape index (κ2) is 8.74. The van der Waals surface area contributed by atoms with Gasteiger partial charge in [0.2, 0.25) is 0 Å². The number of aliphatic hydroxyl groups excluding tert-OH is 2. The van der Waals surface area contributed by atoms with Gasteiger partial charge in [-0.15, -0.1) is 0 Å². The van der Waals surface area contributed by atoms with E-state index in [0.717, 1.165) is 11.8 Å². The minimum atomic E-state index is -0.298. The van der Waals surface area contributed by atoms with Crippen LogP contribution in [0.4, 0.5) is 0 Å². The normalized spacial score (nSPS) is 37.7. The van der Waals surface area contributed by atoms with Gasteiger partial charge >= 0.3 is 0 Å². The predicted octanol–water partition coefficient (Wildman–Crippen LogP) is 5.37. The van der Waals surface area contributed by atoms with Gasteiger partial charge in [-0.1, -0.05) is 54.4 Å². The second-order valence-electron chi connectivity index (χ2n) is 10.4. The molecule has 0 spiro atoms. The molecule has 2 N–H and O–H groups in total. The molecule has 0 amide bonds. The lowest BCUT2D eigenvalue weighted by Crippen LogP contribution is -2.54. The van der Waals surface area contributed by atoms with Crippen molar-refractivity contribution >= 4 is 0 Å². The van der Waals surface area contributed by atoms with Crippen molar-refractivity contribution in [2.24, 2.45) is 52.8 Å². The fraction of sp³-hybridized carbons (Fsp3) is 1.00. The topological polar surface area (TPSA) is 40.5 Å². The van der Waals surface area contributed by atoms with Crippen molar-refractivity contribution in [3.05, 3.63) is 0 Å². The maximum Gasteiger partial charge on any atom is 0.0514 e. The Balaban J connectivity index is 2.43. The minimum Gasteiger partial charge on any atom is -0.396 e. The summed E-state index contributed by atoms with van der Waals surface area (Å²) in [5, 5.41) is 21.4. The molecule has 0 radical (unpaired) electrons. The fourth-order valence-electron chi connectivity index (χ4n) is 6.52. The lowest BCUT2D eigenvalue weighted by molar-refractivity contribution is -0.126. The Bertz CT molecular complexity index is 365. The SMILES string of the molecule is CC1CCC(C(C)C)C(C(CO)(CO)C2CC(C)CCC2C(C)C)C1. The van der Waals surface area contributed by atoms with Crippen LogP contribution < -0.4 is 0 Å². The van der Waals surface area contributed by atoms with Crippen LogP contribution in [0.1, 0.15) is 80.1 Å². The lowest BCUT2D eigenvalue weighted by Gasteiger charge is -2.55. The van der Waals surface area contributed by atoms with Crippen molar-refractivity contribution in [2.75, 3.05) is 13.2 Å². The second-order valence-corrected chi connectivity index (χ2v) is 10.4. The first-order valence-electron chi connectivity index (χ1n) is 11.0. The van der Waals surface area contributed by atoms with Gasteiger partial charge in [0.15, 0.2) is 0 Å². The molecule has 0 saturated heterocycles. The molecule has 6 atom stereocenters. The van der Waals surface area contributed by atoms with Crippen molar-refractivity contribution in [3.63, 3.8) is 0 Å². The Morgan fingerprint density at radius 3 is 1.36 bits per heavy atom. The smallest absolute Gasteiger partial charge is 0.0514 e. The molecule has 25 heavy (non-hydrogen) atoms. The number of hydrogen-bond donors (Lipinski definition) is 2. The number of hydrogen-bond acceptors (Lipinski definition) is 2. The van der Waals surface area contributed by atoms with E-state index in [4.69, 9.17) is 0 Å². The summed E-state index contributed by atoms with van der Waals surface area (Å²) in [6, 6.07) is 0. The van der Waals surface area contributed by atoms with Crippen LogP contribution in [0, 0.1) is 52.8 Å². The molecule has 0 aromatic carbocycles. The average molecular weight is 353 g/mol. The first-order valence-corrected chi connectivity index (χ1v) is 11.0. The van der Waals surface area contributed by atoms with Crippen LogP contribution in [-0.4, -0.2) is 23.4 Å². The molecule has 0 aliphatic heterocycles. The number of aliphatic hydroxyl groups is 2. The van der Waals surface area contributed by atoms with Crippen LogP contribution in [-0.2, 0) is 0 Å². The van der Waals surface area contributed by atoms with Crippen molar-refractivity contribution in [3.8, 4) is 0 Å². The van der Waals surface area contributed by atoms with Crippen molar-refractivity contribution < 1.29 is 10.2 Å². The molecular formula is C23H44O2. The van der Waals surface area contributed by atoms with E-state index in [9.17, 15) is 10.2 Å². The quantitative estimate of drug-likeness (QED) is 0.674. The van der Waals surface area contributed by atoms with Gasteiger partial charge in [0, 0.05) is 5.41 Å². The Morgan fingerprint density at radius 2 is 1.08 bits per heavy atom. The molecule has 2 aliphatic rings. The first-order chi connectivity index (χ1) is 11.8. The highest BCUT2D eigenvalue weighted by Gasteiger charge is 2.53. The molecule has 2 saturated carbocycles.